The third-order valence-electron chi connectivity index (χ3n) is 5.89. The summed E-state index contributed by atoms with van der Waals surface area (Å²) in [4.78, 5) is 20.0. The van der Waals surface area contributed by atoms with Gasteiger partial charge in [0.15, 0.2) is 5.13 Å². The van der Waals surface area contributed by atoms with Crippen molar-refractivity contribution in [2.24, 2.45) is 0 Å². The number of benzene rings is 3. The fraction of sp³-hybridized carbons (Fsp3) is 0.111. The average molecular weight is 552 g/mol. The number of amides is 1. The van der Waals surface area contributed by atoms with Gasteiger partial charge < -0.3 is 4.42 Å². The van der Waals surface area contributed by atoms with E-state index in [2.05, 4.69) is 0 Å². The molecule has 0 radical (unpaired) electrons. The van der Waals surface area contributed by atoms with Crippen molar-refractivity contribution in [2.75, 3.05) is 16.3 Å². The number of hydrogen-bond acceptors (Lipinski definition) is 6. The van der Waals surface area contributed by atoms with Crippen LogP contribution in [-0.2, 0) is 16.6 Å². The van der Waals surface area contributed by atoms with Crippen LogP contribution < -0.4 is 9.21 Å². The lowest BCUT2D eigenvalue weighted by Gasteiger charge is -2.21. The minimum atomic E-state index is -3.80. The molecule has 0 saturated heterocycles. The molecule has 0 aliphatic carbocycles. The number of furan rings is 1. The molecular formula is C27H22ClN3O4S2. The summed E-state index contributed by atoms with van der Waals surface area (Å²) in [6.45, 7) is 2.08. The SMILES string of the molecule is Cc1cc(Cl)cc2sc(N(Cc3ccco3)C(=O)c3ccc(S(=O)(=O)N(C)c4ccccc4)cc3)nc12. The van der Waals surface area contributed by atoms with Gasteiger partial charge in [0.25, 0.3) is 15.9 Å². The minimum absolute atomic E-state index is 0.0817. The highest BCUT2D eigenvalue weighted by Crippen LogP contribution is 2.34. The Morgan fingerprint density at radius 1 is 1.03 bits per heavy atom. The lowest BCUT2D eigenvalue weighted by molar-refractivity contribution is 0.0983. The molecule has 37 heavy (non-hydrogen) atoms. The Labute approximate surface area is 223 Å². The van der Waals surface area contributed by atoms with Gasteiger partial charge in [-0.15, -0.1) is 0 Å². The summed E-state index contributed by atoms with van der Waals surface area (Å²) in [5.74, 6) is 0.255. The van der Waals surface area contributed by atoms with E-state index in [1.54, 1.807) is 42.7 Å². The topological polar surface area (TPSA) is 83.7 Å². The normalized spacial score (nSPS) is 11.5. The van der Waals surface area contributed by atoms with Gasteiger partial charge in [0.2, 0.25) is 0 Å². The van der Waals surface area contributed by atoms with Crippen LogP contribution in [0.15, 0.2) is 94.4 Å². The molecule has 0 atom stereocenters. The second-order valence-electron chi connectivity index (χ2n) is 8.37. The molecule has 0 saturated carbocycles. The van der Waals surface area contributed by atoms with Gasteiger partial charge in [0.1, 0.15) is 5.76 Å². The molecular weight excluding hydrogens is 530 g/mol. The van der Waals surface area contributed by atoms with Crippen LogP contribution >= 0.6 is 22.9 Å². The number of carbonyl (C=O) groups excluding carboxylic acids is 1. The molecule has 188 valence electrons. The van der Waals surface area contributed by atoms with E-state index in [9.17, 15) is 13.2 Å². The first-order valence-corrected chi connectivity index (χ1v) is 13.9. The highest BCUT2D eigenvalue weighted by atomic mass is 35.5. The molecule has 0 bridgehead atoms. The van der Waals surface area contributed by atoms with Crippen LogP contribution in [0.1, 0.15) is 21.7 Å². The lowest BCUT2D eigenvalue weighted by atomic mass is 10.2. The van der Waals surface area contributed by atoms with Crippen LogP contribution in [-0.4, -0.2) is 26.4 Å². The molecule has 10 heteroatoms. The molecule has 7 nitrogen and oxygen atoms in total. The van der Waals surface area contributed by atoms with Gasteiger partial charge in [-0.1, -0.05) is 41.1 Å². The van der Waals surface area contributed by atoms with Crippen LogP contribution in [0.3, 0.4) is 0 Å². The predicted octanol–water partition coefficient (Wildman–Crippen LogP) is 6.52. The van der Waals surface area contributed by atoms with Gasteiger partial charge in [-0.3, -0.25) is 14.0 Å². The van der Waals surface area contributed by atoms with Gasteiger partial charge in [0, 0.05) is 17.6 Å². The lowest BCUT2D eigenvalue weighted by Crippen LogP contribution is -2.30. The molecule has 0 fully saturated rings. The molecule has 3 aromatic carbocycles. The standard InChI is InChI=1S/C27H22ClN3O4S2/c1-18-15-20(28)16-24-25(18)29-27(36-24)31(17-22-9-6-14-35-22)26(32)19-10-12-23(13-11-19)37(33,34)30(2)21-7-4-3-5-8-21/h3-16H,17H2,1-2H3. The number of hydrogen-bond donors (Lipinski definition) is 0. The molecule has 5 aromatic rings. The molecule has 0 aliphatic rings. The van der Waals surface area contributed by atoms with Gasteiger partial charge in [-0.2, -0.15) is 0 Å². The minimum Gasteiger partial charge on any atom is -0.467 e. The summed E-state index contributed by atoms with van der Waals surface area (Å²) in [5.41, 5.74) is 2.54. The molecule has 0 aliphatic heterocycles. The molecule has 0 unspecified atom stereocenters. The van der Waals surface area contributed by atoms with Gasteiger partial charge in [-0.25, -0.2) is 13.4 Å². The molecule has 2 heterocycles. The third-order valence-corrected chi connectivity index (χ3v) is 8.93. The number of sulfonamides is 1. The number of para-hydroxylation sites is 1. The van der Waals surface area contributed by atoms with Crippen molar-refractivity contribution in [1.29, 1.82) is 0 Å². The Hall–Kier alpha value is -3.66. The van der Waals surface area contributed by atoms with E-state index in [-0.39, 0.29) is 17.3 Å². The number of fused-ring (bicyclic) bond motifs is 1. The number of rotatable bonds is 7. The summed E-state index contributed by atoms with van der Waals surface area (Å²) in [6, 6.07) is 21.9. The van der Waals surface area contributed by atoms with Crippen molar-refractivity contribution in [3.63, 3.8) is 0 Å². The Morgan fingerprint density at radius 2 is 1.76 bits per heavy atom. The van der Waals surface area contributed by atoms with Gasteiger partial charge in [0.05, 0.1) is 33.6 Å². The number of thiazole rings is 1. The number of anilines is 2. The highest BCUT2D eigenvalue weighted by molar-refractivity contribution is 7.92. The van der Waals surface area contributed by atoms with Crippen LogP contribution in [0.25, 0.3) is 10.2 Å². The zero-order chi connectivity index (χ0) is 26.2. The quantitative estimate of drug-likeness (QED) is 0.230. The summed E-state index contributed by atoms with van der Waals surface area (Å²) >= 11 is 7.58. The maximum absolute atomic E-state index is 13.7. The van der Waals surface area contributed by atoms with Gasteiger partial charge >= 0.3 is 0 Å². The number of carbonyl (C=O) groups is 1. The van der Waals surface area contributed by atoms with E-state index >= 15 is 0 Å². The Kier molecular flexibility index (Phi) is 6.76. The van der Waals surface area contributed by atoms with E-state index in [1.807, 2.05) is 25.1 Å². The van der Waals surface area contributed by atoms with Crippen molar-refractivity contribution in [3.8, 4) is 0 Å². The average Bonchev–Trinajstić information content (AvgIpc) is 3.57. The first-order chi connectivity index (χ1) is 17.7. The van der Waals surface area contributed by atoms with Crippen molar-refractivity contribution in [2.45, 2.75) is 18.4 Å². The monoisotopic (exact) mass is 551 g/mol. The maximum atomic E-state index is 13.7. The number of nitrogens with zero attached hydrogens (tertiary/aromatic N) is 3. The Balaban J connectivity index is 1.48. The van der Waals surface area contributed by atoms with Gasteiger partial charge in [-0.05, 0) is 73.2 Å². The van der Waals surface area contributed by atoms with Crippen LogP contribution in [0.4, 0.5) is 10.8 Å². The smallest absolute Gasteiger partial charge is 0.264 e. The van der Waals surface area contributed by atoms with Crippen LogP contribution in [0.5, 0.6) is 0 Å². The maximum Gasteiger partial charge on any atom is 0.264 e. The van der Waals surface area contributed by atoms with E-state index in [0.29, 0.717) is 27.2 Å². The Morgan fingerprint density at radius 3 is 2.43 bits per heavy atom. The second-order valence-corrected chi connectivity index (χ2v) is 11.8. The number of halogens is 1. The fourth-order valence-electron chi connectivity index (χ4n) is 3.90. The first-order valence-electron chi connectivity index (χ1n) is 11.3. The summed E-state index contributed by atoms with van der Waals surface area (Å²) in [7, 11) is -2.31. The number of aromatic nitrogens is 1. The summed E-state index contributed by atoms with van der Waals surface area (Å²) in [6.07, 6.45) is 1.54. The molecule has 2 aromatic heterocycles. The van der Waals surface area contributed by atoms with E-state index in [4.69, 9.17) is 21.0 Å². The van der Waals surface area contributed by atoms with Crippen LogP contribution in [0.2, 0.25) is 5.02 Å². The van der Waals surface area contributed by atoms with Crippen molar-refractivity contribution >= 4 is 59.9 Å². The van der Waals surface area contributed by atoms with E-state index in [0.717, 1.165) is 15.8 Å². The Bertz CT molecular complexity index is 1670. The highest BCUT2D eigenvalue weighted by Gasteiger charge is 2.25. The van der Waals surface area contributed by atoms with Crippen molar-refractivity contribution < 1.29 is 17.6 Å². The number of aryl methyl sites for hydroxylation is 1. The predicted molar refractivity (Wildman–Crippen MR) is 147 cm³/mol. The third kappa shape index (κ3) is 4.98. The van der Waals surface area contributed by atoms with Crippen molar-refractivity contribution in [3.05, 3.63) is 107 Å². The zero-order valence-electron chi connectivity index (χ0n) is 20.0. The largest absolute Gasteiger partial charge is 0.467 e. The molecule has 0 spiro atoms. The van der Waals surface area contributed by atoms with Crippen molar-refractivity contribution in [1.82, 2.24) is 4.98 Å². The summed E-state index contributed by atoms with van der Waals surface area (Å²) < 4.78 is 33.8. The molecule has 5 rings (SSSR count). The molecule has 0 N–H and O–H groups in total. The van der Waals surface area contributed by atoms with Crippen LogP contribution in [0, 0.1) is 6.92 Å². The zero-order valence-corrected chi connectivity index (χ0v) is 22.3. The summed E-state index contributed by atoms with van der Waals surface area (Å²) in [5, 5.41) is 1.09. The first kappa shape index (κ1) is 25.0. The second kappa shape index (κ2) is 10.0. The fourth-order valence-corrected chi connectivity index (χ4v) is 6.52. The molecule has 1 amide bonds. The van der Waals surface area contributed by atoms with E-state index in [1.165, 1.54) is 51.9 Å². The van der Waals surface area contributed by atoms with E-state index < -0.39 is 10.0 Å².